The molecule has 92 valence electrons. The van der Waals surface area contributed by atoms with Gasteiger partial charge in [-0.15, -0.1) is 0 Å². The normalized spacial score (nSPS) is 21.1. The maximum Gasteiger partial charge on any atom is 0.224 e. The molecule has 1 heterocycles. The summed E-state index contributed by atoms with van der Waals surface area (Å²) in [5, 5.41) is 6.50. The van der Waals surface area contributed by atoms with Gasteiger partial charge >= 0.3 is 0 Å². The van der Waals surface area contributed by atoms with Gasteiger partial charge in [0.15, 0.2) is 0 Å². The van der Waals surface area contributed by atoms with Gasteiger partial charge in [0.2, 0.25) is 5.95 Å². The molecule has 4 nitrogen and oxygen atoms in total. The molecule has 0 unspecified atom stereocenters. The molecular weight excluding hydrogens is 212 g/mol. The fourth-order valence-corrected chi connectivity index (χ4v) is 2.59. The summed E-state index contributed by atoms with van der Waals surface area (Å²) in [6.45, 7) is 3.14. The van der Waals surface area contributed by atoms with Crippen molar-refractivity contribution in [2.75, 3.05) is 24.2 Å². The van der Waals surface area contributed by atoms with Crippen LogP contribution in [-0.2, 0) is 0 Å². The first-order valence-corrected chi connectivity index (χ1v) is 6.49. The van der Waals surface area contributed by atoms with E-state index >= 15 is 0 Å². The van der Waals surface area contributed by atoms with E-state index < -0.39 is 0 Å². The number of rotatable bonds is 5. The Balaban J connectivity index is 1.68. The second-order valence-corrected chi connectivity index (χ2v) is 5.47. The van der Waals surface area contributed by atoms with Crippen molar-refractivity contribution in [1.82, 2.24) is 9.97 Å². The molecule has 3 rings (SSSR count). The third-order valence-electron chi connectivity index (χ3n) is 4.14. The summed E-state index contributed by atoms with van der Waals surface area (Å²) in [5.74, 6) is 2.66. The summed E-state index contributed by atoms with van der Waals surface area (Å²) in [6, 6.07) is 0. The van der Waals surface area contributed by atoms with Gasteiger partial charge in [-0.2, -0.15) is 4.98 Å². The zero-order chi connectivity index (χ0) is 11.9. The molecule has 1 aromatic rings. The number of nitrogens with one attached hydrogen (secondary N) is 2. The zero-order valence-electron chi connectivity index (χ0n) is 10.6. The van der Waals surface area contributed by atoms with Gasteiger partial charge in [0.05, 0.1) is 0 Å². The van der Waals surface area contributed by atoms with Gasteiger partial charge in [0.25, 0.3) is 0 Å². The van der Waals surface area contributed by atoms with E-state index in [-0.39, 0.29) is 0 Å². The van der Waals surface area contributed by atoms with Crippen molar-refractivity contribution in [2.45, 2.75) is 32.6 Å². The minimum Gasteiger partial charge on any atom is -0.369 e. The van der Waals surface area contributed by atoms with Crippen molar-refractivity contribution in [2.24, 2.45) is 11.3 Å². The van der Waals surface area contributed by atoms with E-state index in [2.05, 4.69) is 27.5 Å². The number of anilines is 2. The Kier molecular flexibility index (Phi) is 2.45. The molecule has 0 radical (unpaired) electrons. The van der Waals surface area contributed by atoms with E-state index in [9.17, 15) is 0 Å². The third-order valence-corrected chi connectivity index (χ3v) is 4.14. The standard InChI is InChI=1S/C13H20N4/c1-9-7-15-12(14-2)17-11(9)16-8-13(5-6-13)10-3-4-10/h7,10H,3-6,8H2,1-2H3,(H2,14,15,16,17). The fourth-order valence-electron chi connectivity index (χ4n) is 2.59. The van der Waals surface area contributed by atoms with Crippen molar-refractivity contribution in [1.29, 1.82) is 0 Å². The third kappa shape index (κ3) is 2.08. The van der Waals surface area contributed by atoms with Crippen LogP contribution in [-0.4, -0.2) is 23.6 Å². The van der Waals surface area contributed by atoms with Gasteiger partial charge in [-0.05, 0) is 43.9 Å². The molecule has 2 aliphatic carbocycles. The summed E-state index contributed by atoms with van der Waals surface area (Å²) in [4.78, 5) is 8.67. The predicted octanol–water partition coefficient (Wildman–Crippen LogP) is 2.43. The average molecular weight is 232 g/mol. The summed E-state index contributed by atoms with van der Waals surface area (Å²) in [7, 11) is 1.85. The monoisotopic (exact) mass is 232 g/mol. The number of aromatic nitrogens is 2. The quantitative estimate of drug-likeness (QED) is 0.818. The molecule has 0 saturated heterocycles. The van der Waals surface area contributed by atoms with Crippen molar-refractivity contribution in [3.05, 3.63) is 11.8 Å². The molecule has 2 fully saturated rings. The van der Waals surface area contributed by atoms with E-state index in [1.807, 2.05) is 13.2 Å². The van der Waals surface area contributed by atoms with Crippen LogP contribution in [0, 0.1) is 18.3 Å². The Morgan fingerprint density at radius 2 is 2.18 bits per heavy atom. The lowest BCUT2D eigenvalue weighted by atomic mass is 10.0. The molecule has 0 aromatic carbocycles. The van der Waals surface area contributed by atoms with E-state index in [0.29, 0.717) is 11.4 Å². The molecular formula is C13H20N4. The molecule has 4 heteroatoms. The lowest BCUT2D eigenvalue weighted by Gasteiger charge is -2.16. The van der Waals surface area contributed by atoms with E-state index in [1.54, 1.807) is 0 Å². The van der Waals surface area contributed by atoms with Gasteiger partial charge < -0.3 is 10.6 Å². The highest BCUT2D eigenvalue weighted by molar-refractivity contribution is 5.46. The smallest absolute Gasteiger partial charge is 0.224 e. The minimum atomic E-state index is 0.608. The van der Waals surface area contributed by atoms with Crippen LogP contribution in [0.15, 0.2) is 6.20 Å². The molecule has 0 atom stereocenters. The van der Waals surface area contributed by atoms with Gasteiger partial charge in [-0.1, -0.05) is 0 Å². The first-order valence-electron chi connectivity index (χ1n) is 6.49. The number of hydrogen-bond donors (Lipinski definition) is 2. The molecule has 2 N–H and O–H groups in total. The second-order valence-electron chi connectivity index (χ2n) is 5.47. The maximum absolute atomic E-state index is 4.47. The molecule has 0 spiro atoms. The van der Waals surface area contributed by atoms with Crippen LogP contribution < -0.4 is 10.6 Å². The topological polar surface area (TPSA) is 49.8 Å². The van der Waals surface area contributed by atoms with Crippen LogP contribution in [0.1, 0.15) is 31.2 Å². The molecule has 17 heavy (non-hydrogen) atoms. The van der Waals surface area contributed by atoms with E-state index in [1.165, 1.54) is 25.7 Å². The fraction of sp³-hybridized carbons (Fsp3) is 0.692. The van der Waals surface area contributed by atoms with Gasteiger partial charge in [0.1, 0.15) is 5.82 Å². The largest absolute Gasteiger partial charge is 0.369 e. The van der Waals surface area contributed by atoms with Crippen LogP contribution in [0.4, 0.5) is 11.8 Å². The van der Waals surface area contributed by atoms with Crippen molar-refractivity contribution < 1.29 is 0 Å². The molecule has 0 aliphatic heterocycles. The Morgan fingerprint density at radius 3 is 2.76 bits per heavy atom. The lowest BCUT2D eigenvalue weighted by Crippen LogP contribution is -2.19. The number of aryl methyl sites for hydroxylation is 1. The summed E-state index contributed by atoms with van der Waals surface area (Å²) >= 11 is 0. The maximum atomic E-state index is 4.47. The van der Waals surface area contributed by atoms with Crippen LogP contribution in [0.3, 0.4) is 0 Å². The molecule has 0 amide bonds. The first-order chi connectivity index (χ1) is 8.23. The highest BCUT2D eigenvalue weighted by Crippen LogP contribution is 2.61. The Hall–Kier alpha value is -1.32. The second kappa shape index (κ2) is 3.86. The number of nitrogens with zero attached hydrogens (tertiary/aromatic N) is 2. The van der Waals surface area contributed by atoms with E-state index in [0.717, 1.165) is 23.8 Å². The molecule has 2 saturated carbocycles. The molecule has 2 aliphatic rings. The summed E-state index contributed by atoms with van der Waals surface area (Å²) in [6.07, 6.45) is 7.54. The van der Waals surface area contributed by atoms with Gasteiger partial charge in [-0.25, -0.2) is 4.98 Å². The highest BCUT2D eigenvalue weighted by atomic mass is 15.1. The summed E-state index contributed by atoms with van der Waals surface area (Å²) < 4.78 is 0. The first kappa shape index (κ1) is 10.8. The zero-order valence-corrected chi connectivity index (χ0v) is 10.6. The van der Waals surface area contributed by atoms with Crippen LogP contribution >= 0.6 is 0 Å². The van der Waals surface area contributed by atoms with Crippen molar-refractivity contribution >= 4 is 11.8 Å². The van der Waals surface area contributed by atoms with Gasteiger partial charge in [-0.3, -0.25) is 0 Å². The van der Waals surface area contributed by atoms with Crippen LogP contribution in [0.5, 0.6) is 0 Å². The Morgan fingerprint density at radius 1 is 1.41 bits per heavy atom. The van der Waals surface area contributed by atoms with Crippen LogP contribution in [0.25, 0.3) is 0 Å². The average Bonchev–Trinajstić information content (AvgIpc) is 3.19. The minimum absolute atomic E-state index is 0.608. The highest BCUT2D eigenvalue weighted by Gasteiger charge is 2.53. The molecule has 0 bridgehead atoms. The van der Waals surface area contributed by atoms with Gasteiger partial charge in [0, 0.05) is 25.4 Å². The van der Waals surface area contributed by atoms with Crippen molar-refractivity contribution in [3.8, 4) is 0 Å². The molecule has 1 aromatic heterocycles. The summed E-state index contributed by atoms with van der Waals surface area (Å²) in [5.41, 5.74) is 1.73. The van der Waals surface area contributed by atoms with Crippen molar-refractivity contribution in [3.63, 3.8) is 0 Å². The predicted molar refractivity (Wildman–Crippen MR) is 69.2 cm³/mol. The lowest BCUT2D eigenvalue weighted by molar-refractivity contribution is 0.466. The Labute approximate surface area is 102 Å². The SMILES string of the molecule is CNc1ncc(C)c(NCC2(C3CC3)CC2)n1. The Bertz CT molecular complexity index is 421. The van der Waals surface area contributed by atoms with E-state index in [4.69, 9.17) is 0 Å². The number of hydrogen-bond acceptors (Lipinski definition) is 4. The van der Waals surface area contributed by atoms with Crippen LogP contribution in [0.2, 0.25) is 0 Å².